The fourth-order valence-corrected chi connectivity index (χ4v) is 3.19. The van der Waals surface area contributed by atoms with Crippen molar-refractivity contribution < 1.29 is 18.3 Å². The predicted octanol–water partition coefficient (Wildman–Crippen LogP) is 1.97. The van der Waals surface area contributed by atoms with E-state index in [2.05, 4.69) is 4.72 Å². The van der Waals surface area contributed by atoms with Crippen LogP contribution in [-0.4, -0.2) is 32.5 Å². The highest BCUT2D eigenvalue weighted by Crippen LogP contribution is 2.22. The first-order chi connectivity index (χ1) is 9.68. The van der Waals surface area contributed by atoms with Gasteiger partial charge in [0.05, 0.1) is 4.90 Å². The Balaban J connectivity index is 2.82. The normalized spacial score (nSPS) is 12.4. The second-order valence-electron chi connectivity index (χ2n) is 5.90. The number of ketones is 1. The van der Waals surface area contributed by atoms with Gasteiger partial charge in [0.25, 0.3) is 0 Å². The van der Waals surface area contributed by atoms with E-state index in [1.165, 1.54) is 19.1 Å². The van der Waals surface area contributed by atoms with Crippen LogP contribution in [0.2, 0.25) is 0 Å². The van der Waals surface area contributed by atoms with Crippen LogP contribution < -0.4 is 4.72 Å². The van der Waals surface area contributed by atoms with Crippen molar-refractivity contribution in [1.82, 2.24) is 4.72 Å². The van der Waals surface area contributed by atoms with Gasteiger partial charge in [-0.2, -0.15) is 0 Å². The first-order valence-corrected chi connectivity index (χ1v) is 8.38. The average molecular weight is 313 g/mol. The molecule has 6 heteroatoms. The van der Waals surface area contributed by atoms with Crippen molar-refractivity contribution in [3.63, 3.8) is 0 Å². The molecule has 1 rings (SSSR count). The quantitative estimate of drug-likeness (QED) is 0.719. The van der Waals surface area contributed by atoms with Gasteiger partial charge in [0.2, 0.25) is 10.0 Å². The minimum Gasteiger partial charge on any atom is -0.396 e. The second kappa shape index (κ2) is 7.15. The third-order valence-corrected chi connectivity index (χ3v) is 4.70. The lowest BCUT2D eigenvalue weighted by Gasteiger charge is -2.24. The number of nitrogens with one attached hydrogen (secondary N) is 1. The summed E-state index contributed by atoms with van der Waals surface area (Å²) < 4.78 is 27.1. The molecule has 0 fully saturated rings. The molecule has 1 aromatic carbocycles. The summed E-state index contributed by atoms with van der Waals surface area (Å²) in [5.41, 5.74) is 0.131. The summed E-state index contributed by atoms with van der Waals surface area (Å²) in [6.45, 7) is 5.65. The Morgan fingerprint density at radius 3 is 2.57 bits per heavy atom. The summed E-state index contributed by atoms with van der Waals surface area (Å²) in [5, 5.41) is 8.85. The zero-order chi connectivity index (χ0) is 16.1. The summed E-state index contributed by atoms with van der Waals surface area (Å²) in [6.07, 6.45) is 1.36. The van der Waals surface area contributed by atoms with Crippen LogP contribution in [0, 0.1) is 5.41 Å². The SMILES string of the molecule is CC(=O)c1cccc(S(=O)(=O)NCC(C)(C)CCCO)c1. The van der Waals surface area contributed by atoms with Gasteiger partial charge in [0.15, 0.2) is 5.78 Å². The van der Waals surface area contributed by atoms with Crippen LogP contribution in [0.3, 0.4) is 0 Å². The molecule has 0 unspecified atom stereocenters. The van der Waals surface area contributed by atoms with Gasteiger partial charge in [-0.25, -0.2) is 13.1 Å². The van der Waals surface area contributed by atoms with Gasteiger partial charge in [0, 0.05) is 18.7 Å². The number of Topliss-reactive ketones (excluding diaryl/α,β-unsaturated/α-hetero) is 1. The summed E-state index contributed by atoms with van der Waals surface area (Å²) in [5.74, 6) is -0.171. The molecule has 21 heavy (non-hydrogen) atoms. The van der Waals surface area contributed by atoms with E-state index in [-0.39, 0.29) is 29.2 Å². The third-order valence-electron chi connectivity index (χ3n) is 3.30. The Kier molecular flexibility index (Phi) is 6.07. The molecule has 1 aromatic rings. The predicted molar refractivity (Wildman–Crippen MR) is 81.7 cm³/mol. The topological polar surface area (TPSA) is 83.5 Å². The van der Waals surface area contributed by atoms with Crippen LogP contribution in [0.15, 0.2) is 29.2 Å². The van der Waals surface area contributed by atoms with E-state index in [1.807, 2.05) is 13.8 Å². The molecule has 2 N–H and O–H groups in total. The zero-order valence-corrected chi connectivity index (χ0v) is 13.5. The number of hydrogen-bond donors (Lipinski definition) is 2. The molecule has 0 radical (unpaired) electrons. The summed E-state index contributed by atoms with van der Waals surface area (Å²) in [4.78, 5) is 11.4. The molecule has 0 aliphatic heterocycles. The Morgan fingerprint density at radius 1 is 1.33 bits per heavy atom. The third kappa shape index (κ3) is 5.57. The highest BCUT2D eigenvalue weighted by Gasteiger charge is 2.22. The molecule has 0 amide bonds. The van der Waals surface area contributed by atoms with Crippen molar-refractivity contribution in [3.8, 4) is 0 Å². The fraction of sp³-hybridized carbons (Fsp3) is 0.533. The molecule has 0 spiro atoms. The van der Waals surface area contributed by atoms with Gasteiger partial charge < -0.3 is 5.11 Å². The number of carbonyl (C=O) groups is 1. The average Bonchev–Trinajstić information content (AvgIpc) is 2.43. The molecule has 0 aliphatic carbocycles. The van der Waals surface area contributed by atoms with Crippen LogP contribution in [0.25, 0.3) is 0 Å². The first kappa shape index (κ1) is 17.8. The van der Waals surface area contributed by atoms with Gasteiger partial charge in [0.1, 0.15) is 0 Å². The Hall–Kier alpha value is -1.24. The van der Waals surface area contributed by atoms with Crippen LogP contribution in [0.4, 0.5) is 0 Å². The van der Waals surface area contributed by atoms with E-state index in [4.69, 9.17) is 5.11 Å². The maximum absolute atomic E-state index is 12.3. The molecule has 0 heterocycles. The van der Waals surface area contributed by atoms with Gasteiger partial charge in [-0.1, -0.05) is 26.0 Å². The molecular formula is C15H23NO4S. The summed E-state index contributed by atoms with van der Waals surface area (Å²) in [7, 11) is -3.64. The van der Waals surface area contributed by atoms with Crippen LogP contribution in [0.5, 0.6) is 0 Å². The molecule has 0 aliphatic rings. The number of sulfonamides is 1. The van der Waals surface area contributed by atoms with Crippen molar-refractivity contribution >= 4 is 15.8 Å². The van der Waals surface area contributed by atoms with E-state index in [0.717, 1.165) is 6.42 Å². The van der Waals surface area contributed by atoms with Crippen molar-refractivity contribution in [2.24, 2.45) is 5.41 Å². The minimum absolute atomic E-state index is 0.0909. The van der Waals surface area contributed by atoms with Crippen LogP contribution >= 0.6 is 0 Å². The Morgan fingerprint density at radius 2 is 2.00 bits per heavy atom. The van der Waals surface area contributed by atoms with E-state index in [0.29, 0.717) is 12.0 Å². The largest absolute Gasteiger partial charge is 0.396 e. The minimum atomic E-state index is -3.64. The van der Waals surface area contributed by atoms with Crippen molar-refractivity contribution in [1.29, 1.82) is 0 Å². The fourth-order valence-electron chi connectivity index (χ4n) is 1.90. The Bertz CT molecular complexity index is 593. The lowest BCUT2D eigenvalue weighted by molar-refractivity contribution is 0.101. The number of carbonyl (C=O) groups excluding carboxylic acids is 1. The number of rotatable bonds is 8. The first-order valence-electron chi connectivity index (χ1n) is 6.89. The van der Waals surface area contributed by atoms with Crippen LogP contribution in [-0.2, 0) is 10.0 Å². The lowest BCUT2D eigenvalue weighted by Crippen LogP contribution is -2.34. The number of benzene rings is 1. The Labute approximate surface area is 126 Å². The van der Waals surface area contributed by atoms with Crippen molar-refractivity contribution in [2.45, 2.75) is 38.5 Å². The summed E-state index contributed by atoms with van der Waals surface area (Å²) >= 11 is 0. The molecule has 0 bridgehead atoms. The monoisotopic (exact) mass is 313 g/mol. The number of aliphatic hydroxyl groups is 1. The standard InChI is InChI=1S/C15H23NO4S/c1-12(18)13-6-4-7-14(10-13)21(19,20)16-11-15(2,3)8-5-9-17/h4,6-7,10,16-17H,5,8-9,11H2,1-3H3. The van der Waals surface area contributed by atoms with Gasteiger partial charge in [-0.05, 0) is 37.3 Å². The highest BCUT2D eigenvalue weighted by molar-refractivity contribution is 7.89. The molecule has 0 saturated heterocycles. The maximum atomic E-state index is 12.3. The van der Waals surface area contributed by atoms with Crippen LogP contribution in [0.1, 0.15) is 44.0 Å². The van der Waals surface area contributed by atoms with E-state index < -0.39 is 10.0 Å². The van der Waals surface area contributed by atoms with Gasteiger partial charge in [-0.15, -0.1) is 0 Å². The van der Waals surface area contributed by atoms with E-state index in [1.54, 1.807) is 12.1 Å². The van der Waals surface area contributed by atoms with Crippen molar-refractivity contribution in [2.75, 3.05) is 13.2 Å². The molecule has 118 valence electrons. The van der Waals surface area contributed by atoms with E-state index >= 15 is 0 Å². The van der Waals surface area contributed by atoms with E-state index in [9.17, 15) is 13.2 Å². The summed E-state index contributed by atoms with van der Waals surface area (Å²) in [6, 6.07) is 6.00. The zero-order valence-electron chi connectivity index (χ0n) is 12.7. The molecule has 0 saturated carbocycles. The number of hydrogen-bond acceptors (Lipinski definition) is 4. The van der Waals surface area contributed by atoms with Gasteiger partial charge in [-0.3, -0.25) is 4.79 Å². The number of aliphatic hydroxyl groups excluding tert-OH is 1. The molecular weight excluding hydrogens is 290 g/mol. The smallest absolute Gasteiger partial charge is 0.240 e. The van der Waals surface area contributed by atoms with Crippen molar-refractivity contribution in [3.05, 3.63) is 29.8 Å². The molecule has 0 atom stereocenters. The van der Waals surface area contributed by atoms with Gasteiger partial charge >= 0.3 is 0 Å². The highest BCUT2D eigenvalue weighted by atomic mass is 32.2. The molecule has 5 nitrogen and oxygen atoms in total. The molecule has 0 aromatic heterocycles. The lowest BCUT2D eigenvalue weighted by atomic mass is 9.88. The second-order valence-corrected chi connectivity index (χ2v) is 7.67. The maximum Gasteiger partial charge on any atom is 0.240 e.